The number of anilines is 1. The van der Waals surface area contributed by atoms with Gasteiger partial charge in [-0.05, 0) is 35.1 Å². The van der Waals surface area contributed by atoms with Crippen molar-refractivity contribution >= 4 is 28.2 Å². The summed E-state index contributed by atoms with van der Waals surface area (Å²) in [6, 6.07) is 8.79. The molecule has 0 fully saturated rings. The van der Waals surface area contributed by atoms with Gasteiger partial charge in [0.1, 0.15) is 5.00 Å². The van der Waals surface area contributed by atoms with Crippen LogP contribution < -0.4 is 5.32 Å². The Hall–Kier alpha value is -2.14. The third kappa shape index (κ3) is 3.05. The Kier molecular flexibility index (Phi) is 4.20. The second kappa shape index (κ2) is 5.88. The van der Waals surface area contributed by atoms with E-state index >= 15 is 0 Å². The van der Waals surface area contributed by atoms with E-state index in [0.29, 0.717) is 16.5 Å². The number of amides is 1. The van der Waals surface area contributed by atoms with Gasteiger partial charge in [0.05, 0.1) is 5.56 Å². The van der Waals surface area contributed by atoms with Crippen molar-refractivity contribution in [1.29, 1.82) is 0 Å². The highest BCUT2D eigenvalue weighted by Crippen LogP contribution is 2.24. The summed E-state index contributed by atoms with van der Waals surface area (Å²) in [5, 5.41) is 13.6. The molecule has 1 aromatic heterocycles. The molecule has 2 N–H and O–H groups in total. The lowest BCUT2D eigenvalue weighted by Crippen LogP contribution is -2.13. The van der Waals surface area contributed by atoms with E-state index in [2.05, 4.69) is 19.2 Å². The van der Waals surface area contributed by atoms with Gasteiger partial charge < -0.3 is 10.4 Å². The van der Waals surface area contributed by atoms with Gasteiger partial charge in [-0.3, -0.25) is 4.79 Å². The highest BCUT2D eigenvalue weighted by molar-refractivity contribution is 7.14. The Morgan fingerprint density at radius 1 is 1.15 bits per heavy atom. The average molecular weight is 289 g/mol. The quantitative estimate of drug-likeness (QED) is 0.899. The Bertz CT molecular complexity index is 629. The molecule has 1 aromatic carbocycles. The molecule has 5 heteroatoms. The van der Waals surface area contributed by atoms with Gasteiger partial charge >= 0.3 is 5.97 Å². The van der Waals surface area contributed by atoms with Crippen molar-refractivity contribution < 1.29 is 14.7 Å². The fourth-order valence-corrected chi connectivity index (χ4v) is 2.54. The predicted molar refractivity (Wildman–Crippen MR) is 79.8 cm³/mol. The summed E-state index contributed by atoms with van der Waals surface area (Å²) >= 11 is 1.20. The van der Waals surface area contributed by atoms with Crippen LogP contribution in [0.25, 0.3) is 0 Å². The Balaban J connectivity index is 2.15. The molecular weight excluding hydrogens is 274 g/mol. The lowest BCUT2D eigenvalue weighted by atomic mass is 10.0. The van der Waals surface area contributed by atoms with Gasteiger partial charge in [-0.15, -0.1) is 11.3 Å². The van der Waals surface area contributed by atoms with E-state index in [1.165, 1.54) is 17.4 Å². The maximum absolute atomic E-state index is 12.1. The Morgan fingerprint density at radius 3 is 2.35 bits per heavy atom. The molecule has 2 rings (SSSR count). The summed E-state index contributed by atoms with van der Waals surface area (Å²) in [5.41, 5.74) is 1.78. The first-order chi connectivity index (χ1) is 9.49. The van der Waals surface area contributed by atoms with E-state index in [1.54, 1.807) is 17.5 Å². The summed E-state index contributed by atoms with van der Waals surface area (Å²) in [7, 11) is 0. The molecule has 104 valence electrons. The fourth-order valence-electron chi connectivity index (χ4n) is 1.77. The molecule has 20 heavy (non-hydrogen) atoms. The fraction of sp³-hybridized carbons (Fsp3) is 0.200. The second-order valence-corrected chi connectivity index (χ2v) is 5.62. The molecule has 0 aliphatic rings. The van der Waals surface area contributed by atoms with Crippen LogP contribution in [0.3, 0.4) is 0 Å². The zero-order valence-electron chi connectivity index (χ0n) is 11.2. The Morgan fingerprint density at radius 2 is 1.80 bits per heavy atom. The maximum atomic E-state index is 12.1. The number of carbonyl (C=O) groups is 2. The van der Waals surface area contributed by atoms with Crippen LogP contribution in [0.5, 0.6) is 0 Å². The largest absolute Gasteiger partial charge is 0.478 e. The van der Waals surface area contributed by atoms with Gasteiger partial charge in [-0.25, -0.2) is 4.79 Å². The number of carboxylic acids is 1. The van der Waals surface area contributed by atoms with Gasteiger partial charge in [0, 0.05) is 5.56 Å². The van der Waals surface area contributed by atoms with E-state index < -0.39 is 5.97 Å². The van der Waals surface area contributed by atoms with Crippen molar-refractivity contribution in [3.63, 3.8) is 0 Å². The normalized spacial score (nSPS) is 10.6. The number of benzene rings is 1. The summed E-state index contributed by atoms with van der Waals surface area (Å²) in [4.78, 5) is 23.0. The number of nitrogens with one attached hydrogen (secondary N) is 1. The van der Waals surface area contributed by atoms with Crippen LogP contribution in [0, 0.1) is 0 Å². The van der Waals surface area contributed by atoms with Crippen molar-refractivity contribution in [2.45, 2.75) is 19.8 Å². The highest BCUT2D eigenvalue weighted by Gasteiger charge is 2.14. The third-order valence-corrected chi connectivity index (χ3v) is 3.79. The van der Waals surface area contributed by atoms with Crippen molar-refractivity contribution in [3.05, 3.63) is 52.4 Å². The lowest BCUT2D eigenvalue weighted by Gasteiger charge is -2.07. The monoisotopic (exact) mass is 289 g/mol. The first-order valence-electron chi connectivity index (χ1n) is 6.21. The number of thiophene rings is 1. The summed E-state index contributed by atoms with van der Waals surface area (Å²) in [5.74, 6) is -0.940. The molecule has 0 spiro atoms. The van der Waals surface area contributed by atoms with Crippen LogP contribution in [-0.2, 0) is 0 Å². The van der Waals surface area contributed by atoms with E-state index in [4.69, 9.17) is 5.11 Å². The van der Waals surface area contributed by atoms with E-state index in [9.17, 15) is 9.59 Å². The van der Waals surface area contributed by atoms with Crippen LogP contribution in [-0.4, -0.2) is 17.0 Å². The minimum absolute atomic E-state index is 0.113. The predicted octanol–water partition coefficient (Wildman–Crippen LogP) is 3.82. The highest BCUT2D eigenvalue weighted by atomic mass is 32.1. The SMILES string of the molecule is CC(C)c1ccc(C(=O)Nc2sccc2C(=O)O)cc1. The molecule has 0 aliphatic carbocycles. The van der Waals surface area contributed by atoms with E-state index in [0.717, 1.165) is 5.56 Å². The molecular formula is C15H15NO3S. The first-order valence-corrected chi connectivity index (χ1v) is 7.09. The molecule has 1 heterocycles. The number of carbonyl (C=O) groups excluding carboxylic acids is 1. The molecule has 0 saturated carbocycles. The lowest BCUT2D eigenvalue weighted by molar-refractivity contribution is 0.0698. The van der Waals surface area contributed by atoms with Gasteiger partial charge in [0.15, 0.2) is 0 Å². The topological polar surface area (TPSA) is 66.4 Å². The smallest absolute Gasteiger partial charge is 0.338 e. The minimum Gasteiger partial charge on any atom is -0.478 e. The molecule has 0 saturated heterocycles. The first kappa shape index (κ1) is 14.3. The molecule has 0 radical (unpaired) electrons. The van der Waals surface area contributed by atoms with Crippen LogP contribution in [0.2, 0.25) is 0 Å². The molecule has 1 amide bonds. The maximum Gasteiger partial charge on any atom is 0.338 e. The van der Waals surface area contributed by atoms with Crippen LogP contribution in [0.15, 0.2) is 35.7 Å². The number of carboxylic acid groups (broad SMARTS) is 1. The van der Waals surface area contributed by atoms with Gasteiger partial charge in [0.25, 0.3) is 5.91 Å². The summed E-state index contributed by atoms with van der Waals surface area (Å²) in [6.45, 7) is 4.17. The number of hydrogen-bond acceptors (Lipinski definition) is 3. The standard InChI is InChI=1S/C15H15NO3S/c1-9(2)10-3-5-11(6-4-10)13(17)16-14-12(15(18)19)7-8-20-14/h3-9H,1-2H3,(H,16,17)(H,18,19). The van der Waals surface area contributed by atoms with Crippen LogP contribution in [0.4, 0.5) is 5.00 Å². The van der Waals surface area contributed by atoms with Gasteiger partial charge in [-0.2, -0.15) is 0 Å². The van der Waals surface area contributed by atoms with Crippen molar-refractivity contribution in [2.24, 2.45) is 0 Å². The number of rotatable bonds is 4. The summed E-state index contributed by atoms with van der Waals surface area (Å²) in [6.07, 6.45) is 0. The van der Waals surface area contributed by atoms with Gasteiger partial charge in [-0.1, -0.05) is 26.0 Å². The average Bonchev–Trinajstić information content (AvgIpc) is 2.87. The van der Waals surface area contributed by atoms with Crippen molar-refractivity contribution in [3.8, 4) is 0 Å². The molecule has 4 nitrogen and oxygen atoms in total. The van der Waals surface area contributed by atoms with Crippen LogP contribution in [0.1, 0.15) is 46.0 Å². The zero-order valence-corrected chi connectivity index (χ0v) is 12.0. The zero-order chi connectivity index (χ0) is 14.7. The van der Waals surface area contributed by atoms with E-state index in [1.807, 2.05) is 12.1 Å². The Labute approximate surface area is 121 Å². The van der Waals surface area contributed by atoms with Gasteiger partial charge in [0.2, 0.25) is 0 Å². The molecule has 0 aliphatic heterocycles. The minimum atomic E-state index is -1.04. The van der Waals surface area contributed by atoms with Crippen molar-refractivity contribution in [2.75, 3.05) is 5.32 Å². The molecule has 0 unspecified atom stereocenters. The number of aromatic carboxylic acids is 1. The summed E-state index contributed by atoms with van der Waals surface area (Å²) < 4.78 is 0. The third-order valence-electron chi connectivity index (χ3n) is 2.96. The van der Waals surface area contributed by atoms with E-state index in [-0.39, 0.29) is 11.5 Å². The number of hydrogen-bond donors (Lipinski definition) is 2. The second-order valence-electron chi connectivity index (χ2n) is 4.70. The van der Waals surface area contributed by atoms with Crippen molar-refractivity contribution in [1.82, 2.24) is 0 Å². The molecule has 0 atom stereocenters. The van der Waals surface area contributed by atoms with Crippen LogP contribution >= 0.6 is 11.3 Å². The molecule has 0 bridgehead atoms. The molecule has 2 aromatic rings.